The van der Waals surface area contributed by atoms with Crippen LogP contribution in [0.3, 0.4) is 0 Å². The van der Waals surface area contributed by atoms with Crippen LogP contribution in [-0.2, 0) is 17.9 Å². The van der Waals surface area contributed by atoms with Crippen LogP contribution in [0.1, 0.15) is 40.0 Å². The normalized spacial score (nSPS) is 18.4. The Morgan fingerprint density at radius 3 is 2.38 bits per heavy atom. The molecule has 0 bridgehead atoms. The molecule has 1 fully saturated rings. The maximum absolute atomic E-state index is 13.0. The highest BCUT2D eigenvalue weighted by atomic mass is 19.4. The maximum Gasteiger partial charge on any atom is 0.490 e. The number of carboxylic acid groups (broad SMARTS) is 1. The molecule has 5 rings (SSSR count). The van der Waals surface area contributed by atoms with Gasteiger partial charge in [-0.05, 0) is 49.1 Å². The van der Waals surface area contributed by atoms with E-state index >= 15 is 0 Å². The molecule has 2 unspecified atom stereocenters. The van der Waals surface area contributed by atoms with Gasteiger partial charge in [0, 0.05) is 32.1 Å². The third-order valence-corrected chi connectivity index (χ3v) is 6.20. The Hall–Kier alpha value is -4.10. The number of halogens is 4. The van der Waals surface area contributed by atoms with Gasteiger partial charge in [0.2, 0.25) is 5.82 Å². The summed E-state index contributed by atoms with van der Waals surface area (Å²) in [7, 11) is 0. The molecule has 2 N–H and O–H groups in total. The van der Waals surface area contributed by atoms with Gasteiger partial charge < -0.3 is 19.9 Å². The Balaban J connectivity index is 0.000000405. The number of nitrogens with zero attached hydrogens (tertiary/aromatic N) is 6. The van der Waals surface area contributed by atoms with E-state index in [0.29, 0.717) is 18.3 Å². The third-order valence-electron chi connectivity index (χ3n) is 6.20. The van der Waals surface area contributed by atoms with E-state index in [0.717, 1.165) is 49.0 Å². The minimum Gasteiger partial charge on any atom is -0.475 e. The number of benzene rings is 1. The van der Waals surface area contributed by atoms with Crippen LogP contribution in [-0.4, -0.2) is 61.2 Å². The summed E-state index contributed by atoms with van der Waals surface area (Å²) in [5.41, 5.74) is 1.72. The van der Waals surface area contributed by atoms with Crippen LogP contribution < -0.4 is 10.2 Å². The zero-order valence-corrected chi connectivity index (χ0v) is 19.6. The Bertz CT molecular complexity index is 1260. The molecule has 0 radical (unpaired) electrons. The van der Waals surface area contributed by atoms with Gasteiger partial charge in [0.15, 0.2) is 5.82 Å². The van der Waals surface area contributed by atoms with Gasteiger partial charge >= 0.3 is 12.1 Å². The number of carbonyl (C=O) groups is 2. The van der Waals surface area contributed by atoms with E-state index in [1.807, 2.05) is 23.6 Å². The highest BCUT2D eigenvalue weighted by Gasteiger charge is 2.41. The molecule has 4 heterocycles. The van der Waals surface area contributed by atoms with Crippen molar-refractivity contribution >= 4 is 17.7 Å². The van der Waals surface area contributed by atoms with Crippen LogP contribution in [0.4, 0.5) is 23.4 Å². The first-order valence-corrected chi connectivity index (χ1v) is 11.3. The summed E-state index contributed by atoms with van der Waals surface area (Å²) in [4.78, 5) is 23.8. The lowest BCUT2D eigenvalue weighted by Crippen LogP contribution is -2.30. The first kappa shape index (κ1) is 26.0. The number of amides is 1. The van der Waals surface area contributed by atoms with Crippen molar-refractivity contribution in [2.45, 2.75) is 38.5 Å². The highest BCUT2D eigenvalue weighted by molar-refractivity contribution is 5.90. The lowest BCUT2D eigenvalue weighted by Gasteiger charge is -2.24. The van der Waals surface area contributed by atoms with Gasteiger partial charge in [-0.1, -0.05) is 12.1 Å². The predicted octanol–water partition coefficient (Wildman–Crippen LogP) is 2.70. The van der Waals surface area contributed by atoms with Crippen molar-refractivity contribution in [1.29, 1.82) is 0 Å². The summed E-state index contributed by atoms with van der Waals surface area (Å²) in [6, 6.07) is 10.0. The standard InChI is InChI=1S/C21H22FN7O.C2HF3O2/c1-13-2-7-18(25-24-13)28-11-15-8-9-29-19(17(15)12-28)26-27-20(29)21(30)23-10-14-3-5-16(22)6-4-14;3-2(4,5)1(6)7/h2-7,15,17H,8-12H2,1H3,(H,23,30);(H,6,7). The zero-order valence-electron chi connectivity index (χ0n) is 19.6. The average Bonchev–Trinajstić information content (AvgIpc) is 3.48. The summed E-state index contributed by atoms with van der Waals surface area (Å²) in [5.74, 6) is -0.581. The number of nitrogens with one attached hydrogen (secondary N) is 1. The van der Waals surface area contributed by atoms with Gasteiger partial charge in [-0.15, -0.1) is 15.3 Å². The second kappa shape index (κ2) is 10.5. The van der Waals surface area contributed by atoms with E-state index in [-0.39, 0.29) is 17.6 Å². The number of hydrogen-bond donors (Lipinski definition) is 2. The van der Waals surface area contributed by atoms with Crippen molar-refractivity contribution < 1.29 is 32.3 Å². The summed E-state index contributed by atoms with van der Waals surface area (Å²) < 4.78 is 46.7. The number of carboxylic acids is 1. The van der Waals surface area contributed by atoms with Crippen LogP contribution in [0.15, 0.2) is 36.4 Å². The molecule has 196 valence electrons. The molecule has 1 aromatic carbocycles. The lowest BCUT2D eigenvalue weighted by molar-refractivity contribution is -0.192. The summed E-state index contributed by atoms with van der Waals surface area (Å²) >= 11 is 0. The van der Waals surface area contributed by atoms with Crippen molar-refractivity contribution in [1.82, 2.24) is 30.3 Å². The summed E-state index contributed by atoms with van der Waals surface area (Å²) in [6.45, 7) is 4.65. The molecule has 10 nitrogen and oxygen atoms in total. The molecular weight excluding hydrogens is 498 g/mol. The molecule has 2 aliphatic rings. The molecule has 2 atom stereocenters. The van der Waals surface area contributed by atoms with Crippen LogP contribution in [0, 0.1) is 18.7 Å². The molecule has 37 heavy (non-hydrogen) atoms. The molecular formula is C23H23F4N7O3. The molecule has 1 amide bonds. The molecule has 1 saturated heterocycles. The fourth-order valence-electron chi connectivity index (χ4n) is 4.34. The number of rotatable bonds is 4. The number of fused-ring (bicyclic) bond motifs is 3. The van der Waals surface area contributed by atoms with E-state index in [9.17, 15) is 22.4 Å². The third kappa shape index (κ3) is 6.01. The predicted molar refractivity (Wildman–Crippen MR) is 121 cm³/mol. The topological polar surface area (TPSA) is 126 Å². The number of aliphatic carboxylic acids is 1. The molecule has 2 aromatic heterocycles. The van der Waals surface area contributed by atoms with Crippen LogP contribution >= 0.6 is 0 Å². The maximum atomic E-state index is 13.0. The van der Waals surface area contributed by atoms with Crippen LogP contribution in [0.5, 0.6) is 0 Å². The molecule has 14 heteroatoms. The highest BCUT2D eigenvalue weighted by Crippen LogP contribution is 2.39. The Labute approximate surface area is 208 Å². The number of anilines is 1. The Kier molecular flexibility index (Phi) is 7.36. The van der Waals surface area contributed by atoms with Gasteiger partial charge in [-0.3, -0.25) is 4.79 Å². The van der Waals surface area contributed by atoms with Crippen molar-refractivity contribution in [2.24, 2.45) is 5.92 Å². The van der Waals surface area contributed by atoms with Gasteiger partial charge in [0.25, 0.3) is 5.91 Å². The number of hydrogen-bond acceptors (Lipinski definition) is 7. The van der Waals surface area contributed by atoms with Gasteiger partial charge in [-0.25, -0.2) is 9.18 Å². The smallest absolute Gasteiger partial charge is 0.475 e. The van der Waals surface area contributed by atoms with Crippen LogP contribution in [0.2, 0.25) is 0 Å². The number of alkyl halides is 3. The largest absolute Gasteiger partial charge is 0.490 e. The van der Waals surface area contributed by atoms with Crippen molar-refractivity contribution in [3.8, 4) is 0 Å². The van der Waals surface area contributed by atoms with E-state index in [2.05, 4.69) is 30.6 Å². The first-order valence-electron chi connectivity index (χ1n) is 11.3. The second-order valence-corrected chi connectivity index (χ2v) is 8.74. The fraction of sp³-hybridized carbons (Fsp3) is 0.391. The van der Waals surface area contributed by atoms with Crippen molar-refractivity contribution in [3.63, 3.8) is 0 Å². The quantitative estimate of drug-likeness (QED) is 0.502. The monoisotopic (exact) mass is 521 g/mol. The average molecular weight is 521 g/mol. The van der Waals surface area contributed by atoms with Crippen molar-refractivity contribution in [2.75, 3.05) is 18.0 Å². The summed E-state index contributed by atoms with van der Waals surface area (Å²) in [6.07, 6.45) is -4.12. The summed E-state index contributed by atoms with van der Waals surface area (Å²) in [5, 5.41) is 27.0. The van der Waals surface area contributed by atoms with E-state index in [1.54, 1.807) is 12.1 Å². The number of carbonyl (C=O) groups excluding carboxylic acids is 1. The number of aromatic nitrogens is 5. The molecule has 0 aliphatic carbocycles. The minimum absolute atomic E-state index is 0.216. The number of aryl methyl sites for hydroxylation is 1. The van der Waals surface area contributed by atoms with Gasteiger partial charge in [-0.2, -0.15) is 18.3 Å². The lowest BCUT2D eigenvalue weighted by atomic mass is 9.89. The van der Waals surface area contributed by atoms with Crippen LogP contribution in [0.25, 0.3) is 0 Å². The molecule has 3 aromatic rings. The second-order valence-electron chi connectivity index (χ2n) is 8.74. The first-order chi connectivity index (χ1) is 17.5. The minimum atomic E-state index is -5.08. The van der Waals surface area contributed by atoms with Gasteiger partial charge in [0.05, 0.1) is 5.69 Å². The van der Waals surface area contributed by atoms with Crippen molar-refractivity contribution in [3.05, 3.63) is 65.1 Å². The van der Waals surface area contributed by atoms with E-state index < -0.39 is 12.1 Å². The fourth-order valence-corrected chi connectivity index (χ4v) is 4.34. The molecule has 2 aliphatic heterocycles. The Morgan fingerprint density at radius 2 is 1.76 bits per heavy atom. The van der Waals surface area contributed by atoms with E-state index in [4.69, 9.17) is 9.90 Å². The SMILES string of the molecule is Cc1ccc(N2CC3CCn4c(C(=O)NCc5ccc(F)cc5)nnc4C3C2)nn1.O=C(O)C(F)(F)F. The molecule has 0 saturated carbocycles. The molecule has 0 spiro atoms. The zero-order chi connectivity index (χ0) is 26.7. The van der Waals surface area contributed by atoms with Gasteiger partial charge in [0.1, 0.15) is 11.6 Å². The Morgan fingerprint density at radius 1 is 1.05 bits per heavy atom. The van der Waals surface area contributed by atoms with E-state index in [1.165, 1.54) is 12.1 Å².